The number of fused-ring (bicyclic) bond motifs is 1. The molecule has 0 aliphatic heterocycles. The number of anilines is 1. The summed E-state index contributed by atoms with van der Waals surface area (Å²) in [5, 5.41) is 0.381. The molecular weight excluding hydrogens is 249 g/mol. The molecule has 0 unspecified atom stereocenters. The highest BCUT2D eigenvalue weighted by molar-refractivity contribution is 5.89. The van der Waals surface area contributed by atoms with E-state index < -0.39 is 12.0 Å². The fourth-order valence-electron chi connectivity index (χ4n) is 1.47. The Balaban J connectivity index is 2.72. The largest absolute Gasteiger partial charge is 0.497 e. The quantitative estimate of drug-likeness (QED) is 0.636. The number of aromatic nitrogens is 2. The molecule has 0 saturated heterocycles. The van der Waals surface area contributed by atoms with E-state index in [1.165, 1.54) is 19.2 Å². The fourth-order valence-corrected chi connectivity index (χ4v) is 1.47. The normalized spacial score (nSPS) is 11.6. The molecule has 0 aliphatic rings. The average molecular weight is 258 g/mol. The number of ether oxygens (including phenoxy) is 1. The highest BCUT2D eigenvalue weighted by Crippen LogP contribution is 2.31. The van der Waals surface area contributed by atoms with Gasteiger partial charge in [0.15, 0.2) is 5.82 Å². The first-order valence-corrected chi connectivity index (χ1v) is 4.85. The van der Waals surface area contributed by atoms with Crippen molar-refractivity contribution in [3.63, 3.8) is 0 Å². The van der Waals surface area contributed by atoms with E-state index in [9.17, 15) is 13.2 Å². The molecule has 1 aromatic heterocycles. The van der Waals surface area contributed by atoms with Crippen molar-refractivity contribution in [1.29, 1.82) is 0 Å². The Hall–Kier alpha value is -2.09. The van der Waals surface area contributed by atoms with Crippen LogP contribution in [-0.2, 0) is 6.18 Å². The SMILES string of the molecule is COc1ccc2c(NN)nc(C(F)(F)F)nc2c1. The van der Waals surface area contributed by atoms with Crippen LogP contribution in [-0.4, -0.2) is 17.1 Å². The molecule has 18 heavy (non-hydrogen) atoms. The standard InChI is InChI=1S/C10H9F3N4O/c1-18-5-2-3-6-7(4-5)15-9(10(11,12)13)16-8(6)17-14/h2-4H,14H2,1H3,(H,15,16,17). The zero-order valence-electron chi connectivity index (χ0n) is 9.25. The van der Waals surface area contributed by atoms with Gasteiger partial charge in [0, 0.05) is 11.5 Å². The lowest BCUT2D eigenvalue weighted by atomic mass is 10.2. The lowest BCUT2D eigenvalue weighted by molar-refractivity contribution is -0.144. The minimum absolute atomic E-state index is 0.0880. The molecule has 0 amide bonds. The third kappa shape index (κ3) is 2.14. The minimum atomic E-state index is -4.64. The van der Waals surface area contributed by atoms with Crippen LogP contribution in [0.15, 0.2) is 18.2 Å². The Morgan fingerprint density at radius 3 is 2.56 bits per heavy atom. The molecule has 3 N–H and O–H groups in total. The molecule has 2 rings (SSSR count). The van der Waals surface area contributed by atoms with E-state index >= 15 is 0 Å². The van der Waals surface area contributed by atoms with Crippen LogP contribution >= 0.6 is 0 Å². The maximum Gasteiger partial charge on any atom is 0.451 e. The number of hydrazine groups is 1. The molecule has 0 saturated carbocycles. The lowest BCUT2D eigenvalue weighted by Crippen LogP contribution is -2.16. The number of nitrogens with zero attached hydrogens (tertiary/aromatic N) is 2. The van der Waals surface area contributed by atoms with Gasteiger partial charge in [-0.1, -0.05) is 0 Å². The topological polar surface area (TPSA) is 73.1 Å². The average Bonchev–Trinajstić information content (AvgIpc) is 2.35. The summed E-state index contributed by atoms with van der Waals surface area (Å²) in [5.74, 6) is 4.22. The molecule has 8 heteroatoms. The summed E-state index contributed by atoms with van der Waals surface area (Å²) in [7, 11) is 1.41. The van der Waals surface area contributed by atoms with Gasteiger partial charge in [-0.3, -0.25) is 0 Å². The smallest absolute Gasteiger partial charge is 0.451 e. The van der Waals surface area contributed by atoms with Crippen LogP contribution < -0.4 is 16.0 Å². The van der Waals surface area contributed by atoms with Gasteiger partial charge < -0.3 is 10.2 Å². The van der Waals surface area contributed by atoms with E-state index in [0.717, 1.165) is 0 Å². The second-order valence-corrected chi connectivity index (χ2v) is 3.42. The number of nitrogens with one attached hydrogen (secondary N) is 1. The monoisotopic (exact) mass is 258 g/mol. The molecule has 0 spiro atoms. The van der Waals surface area contributed by atoms with Crippen molar-refractivity contribution in [2.24, 2.45) is 5.84 Å². The molecule has 0 atom stereocenters. The Bertz CT molecular complexity index is 585. The first kappa shape index (κ1) is 12.4. The zero-order chi connectivity index (χ0) is 13.3. The first-order valence-electron chi connectivity index (χ1n) is 4.85. The van der Waals surface area contributed by atoms with Crippen molar-refractivity contribution in [2.45, 2.75) is 6.18 Å². The number of benzene rings is 1. The number of hydrogen-bond acceptors (Lipinski definition) is 5. The summed E-state index contributed by atoms with van der Waals surface area (Å²) in [6, 6.07) is 4.50. The van der Waals surface area contributed by atoms with Crippen molar-refractivity contribution < 1.29 is 17.9 Å². The number of alkyl halides is 3. The first-order chi connectivity index (χ1) is 8.45. The van der Waals surface area contributed by atoms with Gasteiger partial charge in [-0.2, -0.15) is 13.2 Å². The molecule has 1 aromatic carbocycles. The highest BCUT2D eigenvalue weighted by Gasteiger charge is 2.35. The maximum atomic E-state index is 12.6. The molecule has 2 aromatic rings. The Morgan fingerprint density at radius 1 is 1.28 bits per heavy atom. The van der Waals surface area contributed by atoms with Gasteiger partial charge in [0.25, 0.3) is 0 Å². The summed E-state index contributed by atoms with van der Waals surface area (Å²) in [5.41, 5.74) is 2.23. The van der Waals surface area contributed by atoms with E-state index in [0.29, 0.717) is 11.1 Å². The predicted molar refractivity (Wildman–Crippen MR) is 58.9 cm³/mol. The van der Waals surface area contributed by atoms with Crippen molar-refractivity contribution in [3.05, 3.63) is 24.0 Å². The summed E-state index contributed by atoms with van der Waals surface area (Å²) < 4.78 is 42.7. The van der Waals surface area contributed by atoms with Crippen LogP contribution in [0.4, 0.5) is 19.0 Å². The zero-order valence-corrected chi connectivity index (χ0v) is 9.25. The fraction of sp³-hybridized carbons (Fsp3) is 0.200. The van der Waals surface area contributed by atoms with Gasteiger partial charge >= 0.3 is 6.18 Å². The van der Waals surface area contributed by atoms with E-state index in [1.54, 1.807) is 6.07 Å². The third-order valence-electron chi connectivity index (χ3n) is 2.29. The van der Waals surface area contributed by atoms with Crippen molar-refractivity contribution in [3.8, 4) is 5.75 Å². The molecule has 0 aliphatic carbocycles. The molecule has 5 nitrogen and oxygen atoms in total. The molecule has 0 fully saturated rings. The Kier molecular flexibility index (Phi) is 2.95. The number of methoxy groups -OCH3 is 1. The Labute approximate surface area is 99.8 Å². The third-order valence-corrected chi connectivity index (χ3v) is 2.29. The molecule has 0 radical (unpaired) electrons. The summed E-state index contributed by atoms with van der Waals surface area (Å²) in [6.07, 6.45) is -4.64. The molecule has 0 bridgehead atoms. The van der Waals surface area contributed by atoms with E-state index in [-0.39, 0.29) is 11.3 Å². The number of hydrogen-bond donors (Lipinski definition) is 2. The van der Waals surface area contributed by atoms with Crippen LogP contribution in [0.2, 0.25) is 0 Å². The summed E-state index contributed by atoms with van der Waals surface area (Å²) in [4.78, 5) is 6.79. The number of halogens is 3. The summed E-state index contributed by atoms with van der Waals surface area (Å²) >= 11 is 0. The summed E-state index contributed by atoms with van der Waals surface area (Å²) in [6.45, 7) is 0. The molecular formula is C10H9F3N4O. The van der Waals surface area contributed by atoms with Crippen molar-refractivity contribution in [1.82, 2.24) is 9.97 Å². The van der Waals surface area contributed by atoms with Crippen LogP contribution in [0.3, 0.4) is 0 Å². The van der Waals surface area contributed by atoms with Gasteiger partial charge in [-0.05, 0) is 12.1 Å². The second kappa shape index (κ2) is 4.30. The van der Waals surface area contributed by atoms with Crippen LogP contribution in [0, 0.1) is 0 Å². The maximum absolute atomic E-state index is 12.6. The van der Waals surface area contributed by atoms with Gasteiger partial charge in [0.1, 0.15) is 5.75 Å². The molecule has 1 heterocycles. The number of nitrogens with two attached hydrogens (primary N) is 1. The van der Waals surface area contributed by atoms with Crippen LogP contribution in [0.25, 0.3) is 10.9 Å². The van der Waals surface area contributed by atoms with E-state index in [4.69, 9.17) is 10.6 Å². The molecule has 96 valence electrons. The van der Waals surface area contributed by atoms with Gasteiger partial charge in [0.2, 0.25) is 5.82 Å². The van der Waals surface area contributed by atoms with E-state index in [2.05, 4.69) is 15.4 Å². The van der Waals surface area contributed by atoms with Crippen molar-refractivity contribution >= 4 is 16.7 Å². The predicted octanol–water partition coefficient (Wildman–Crippen LogP) is 1.94. The number of rotatable bonds is 2. The van der Waals surface area contributed by atoms with Crippen molar-refractivity contribution in [2.75, 3.05) is 12.5 Å². The van der Waals surface area contributed by atoms with Crippen LogP contribution in [0.5, 0.6) is 5.75 Å². The minimum Gasteiger partial charge on any atom is -0.497 e. The second-order valence-electron chi connectivity index (χ2n) is 3.42. The Morgan fingerprint density at radius 2 is 2.00 bits per heavy atom. The van der Waals surface area contributed by atoms with Gasteiger partial charge in [0.05, 0.1) is 12.6 Å². The number of nitrogen functional groups attached to an aromatic ring is 1. The highest BCUT2D eigenvalue weighted by atomic mass is 19.4. The lowest BCUT2D eigenvalue weighted by Gasteiger charge is -2.10. The van der Waals surface area contributed by atoms with Gasteiger partial charge in [-0.15, -0.1) is 0 Å². The van der Waals surface area contributed by atoms with Crippen LogP contribution in [0.1, 0.15) is 5.82 Å². The van der Waals surface area contributed by atoms with Gasteiger partial charge in [-0.25, -0.2) is 15.8 Å². The van der Waals surface area contributed by atoms with E-state index in [1.807, 2.05) is 0 Å².